The fraction of sp³-hybridized carbons (Fsp3) is 1.00. The Balaban J connectivity index is 2.43. The number of nitrogens with one attached hydrogen (secondary N) is 1. The number of rotatable bonds is 5. The van der Waals surface area contributed by atoms with E-state index in [2.05, 4.69) is 31.0 Å². The zero-order valence-electron chi connectivity index (χ0n) is 10.5. The molecule has 0 radical (unpaired) electrons. The first kappa shape index (κ1) is 12.9. The largest absolute Gasteiger partial charge is 0.380 e. The van der Waals surface area contributed by atoms with Gasteiger partial charge in [0, 0.05) is 31.8 Å². The van der Waals surface area contributed by atoms with Crippen LogP contribution in [0.4, 0.5) is 0 Å². The molecule has 2 unspecified atom stereocenters. The van der Waals surface area contributed by atoms with Gasteiger partial charge in [-0.2, -0.15) is 0 Å². The van der Waals surface area contributed by atoms with Crippen molar-refractivity contribution in [1.29, 1.82) is 0 Å². The summed E-state index contributed by atoms with van der Waals surface area (Å²) < 4.78 is 5.49. The van der Waals surface area contributed by atoms with Crippen molar-refractivity contribution in [2.24, 2.45) is 0 Å². The van der Waals surface area contributed by atoms with Crippen LogP contribution in [0.2, 0.25) is 0 Å². The summed E-state index contributed by atoms with van der Waals surface area (Å²) >= 11 is 0. The van der Waals surface area contributed by atoms with E-state index in [0.29, 0.717) is 12.1 Å². The highest BCUT2D eigenvalue weighted by Crippen LogP contribution is 2.10. The van der Waals surface area contributed by atoms with E-state index in [4.69, 9.17) is 4.74 Å². The summed E-state index contributed by atoms with van der Waals surface area (Å²) in [6.07, 6.45) is 2.37. The average molecular weight is 214 g/mol. The van der Waals surface area contributed by atoms with Crippen molar-refractivity contribution in [3.8, 4) is 0 Å². The van der Waals surface area contributed by atoms with Gasteiger partial charge in [-0.3, -0.25) is 4.90 Å². The fourth-order valence-electron chi connectivity index (χ4n) is 2.35. The minimum absolute atomic E-state index is 0.619. The van der Waals surface area contributed by atoms with Gasteiger partial charge in [0.15, 0.2) is 0 Å². The molecular weight excluding hydrogens is 188 g/mol. The van der Waals surface area contributed by atoms with Crippen molar-refractivity contribution >= 4 is 0 Å². The first-order chi connectivity index (χ1) is 7.29. The summed E-state index contributed by atoms with van der Waals surface area (Å²) in [5.41, 5.74) is 0. The Labute approximate surface area is 94.2 Å². The van der Waals surface area contributed by atoms with Crippen LogP contribution in [-0.2, 0) is 4.74 Å². The maximum atomic E-state index is 5.49. The molecule has 3 nitrogen and oxygen atoms in total. The Bertz CT molecular complexity index is 156. The minimum atomic E-state index is 0.619. The molecule has 1 aliphatic heterocycles. The van der Waals surface area contributed by atoms with E-state index in [1.165, 1.54) is 19.4 Å². The molecule has 0 amide bonds. The third-order valence-corrected chi connectivity index (χ3v) is 3.32. The van der Waals surface area contributed by atoms with Crippen molar-refractivity contribution < 1.29 is 4.74 Å². The molecule has 15 heavy (non-hydrogen) atoms. The standard InChI is InChI=1S/C12H26N2O/c1-4-12(13-5-2)11(3)14-7-6-9-15-10-8-14/h11-13H,4-10H2,1-3H3. The molecule has 0 spiro atoms. The molecule has 0 aromatic carbocycles. The van der Waals surface area contributed by atoms with Crippen LogP contribution in [0, 0.1) is 0 Å². The Morgan fingerprint density at radius 3 is 2.73 bits per heavy atom. The Hall–Kier alpha value is -0.120. The summed E-state index contributed by atoms with van der Waals surface area (Å²) in [4.78, 5) is 2.56. The fourth-order valence-corrected chi connectivity index (χ4v) is 2.35. The van der Waals surface area contributed by atoms with Gasteiger partial charge in [0.1, 0.15) is 0 Å². The van der Waals surface area contributed by atoms with Gasteiger partial charge in [0.05, 0.1) is 6.61 Å². The van der Waals surface area contributed by atoms with E-state index in [1.54, 1.807) is 0 Å². The molecular formula is C12H26N2O. The van der Waals surface area contributed by atoms with Crippen molar-refractivity contribution in [2.45, 2.75) is 45.7 Å². The molecule has 1 fully saturated rings. The van der Waals surface area contributed by atoms with Gasteiger partial charge in [0.25, 0.3) is 0 Å². The zero-order chi connectivity index (χ0) is 11.1. The number of hydrogen-bond donors (Lipinski definition) is 1. The van der Waals surface area contributed by atoms with E-state index >= 15 is 0 Å². The van der Waals surface area contributed by atoms with Gasteiger partial charge in [-0.1, -0.05) is 13.8 Å². The van der Waals surface area contributed by atoms with Gasteiger partial charge >= 0.3 is 0 Å². The SMILES string of the molecule is CCNC(CC)C(C)N1CCCOCC1. The Morgan fingerprint density at radius 2 is 2.07 bits per heavy atom. The number of ether oxygens (including phenoxy) is 1. The monoisotopic (exact) mass is 214 g/mol. The molecule has 3 heteroatoms. The van der Waals surface area contributed by atoms with Crippen molar-refractivity contribution in [1.82, 2.24) is 10.2 Å². The molecule has 1 N–H and O–H groups in total. The highest BCUT2D eigenvalue weighted by molar-refractivity contribution is 4.80. The molecule has 0 aromatic rings. The summed E-state index contributed by atoms with van der Waals surface area (Å²) in [5, 5.41) is 3.57. The van der Waals surface area contributed by atoms with Crippen LogP contribution in [0.1, 0.15) is 33.6 Å². The van der Waals surface area contributed by atoms with Gasteiger partial charge in [-0.15, -0.1) is 0 Å². The van der Waals surface area contributed by atoms with Gasteiger partial charge in [0.2, 0.25) is 0 Å². The molecule has 0 saturated carbocycles. The lowest BCUT2D eigenvalue weighted by atomic mass is 10.1. The number of hydrogen-bond acceptors (Lipinski definition) is 3. The van der Waals surface area contributed by atoms with Crippen LogP contribution < -0.4 is 5.32 Å². The lowest BCUT2D eigenvalue weighted by Gasteiger charge is -2.33. The van der Waals surface area contributed by atoms with Gasteiger partial charge in [-0.05, 0) is 26.3 Å². The van der Waals surface area contributed by atoms with Crippen LogP contribution in [0.25, 0.3) is 0 Å². The molecule has 2 atom stereocenters. The second kappa shape index (κ2) is 7.20. The van der Waals surface area contributed by atoms with Crippen LogP contribution in [0.5, 0.6) is 0 Å². The molecule has 90 valence electrons. The molecule has 0 aromatic heterocycles. The second-order valence-corrected chi connectivity index (χ2v) is 4.31. The predicted octanol–water partition coefficient (Wildman–Crippen LogP) is 1.49. The number of nitrogens with zero attached hydrogens (tertiary/aromatic N) is 1. The molecule has 1 aliphatic rings. The van der Waals surface area contributed by atoms with Gasteiger partial charge in [-0.25, -0.2) is 0 Å². The summed E-state index contributed by atoms with van der Waals surface area (Å²) in [6, 6.07) is 1.24. The average Bonchev–Trinajstić information content (AvgIpc) is 2.53. The topological polar surface area (TPSA) is 24.5 Å². The predicted molar refractivity (Wildman–Crippen MR) is 64.2 cm³/mol. The molecule has 0 bridgehead atoms. The van der Waals surface area contributed by atoms with E-state index in [9.17, 15) is 0 Å². The maximum absolute atomic E-state index is 5.49. The highest BCUT2D eigenvalue weighted by Gasteiger charge is 2.22. The first-order valence-electron chi connectivity index (χ1n) is 6.34. The quantitative estimate of drug-likeness (QED) is 0.750. The van der Waals surface area contributed by atoms with Crippen LogP contribution in [0.3, 0.4) is 0 Å². The lowest BCUT2D eigenvalue weighted by molar-refractivity contribution is 0.125. The smallest absolute Gasteiger partial charge is 0.0593 e. The molecule has 1 heterocycles. The van der Waals surface area contributed by atoms with Crippen molar-refractivity contribution in [2.75, 3.05) is 32.8 Å². The van der Waals surface area contributed by atoms with Crippen LogP contribution in [0.15, 0.2) is 0 Å². The minimum Gasteiger partial charge on any atom is -0.380 e. The maximum Gasteiger partial charge on any atom is 0.0593 e. The Morgan fingerprint density at radius 1 is 1.27 bits per heavy atom. The van der Waals surface area contributed by atoms with Crippen molar-refractivity contribution in [3.05, 3.63) is 0 Å². The van der Waals surface area contributed by atoms with E-state index in [-0.39, 0.29) is 0 Å². The van der Waals surface area contributed by atoms with E-state index in [1.807, 2.05) is 0 Å². The van der Waals surface area contributed by atoms with Crippen LogP contribution in [-0.4, -0.2) is 49.8 Å². The normalized spacial score (nSPS) is 23.4. The first-order valence-corrected chi connectivity index (χ1v) is 6.34. The lowest BCUT2D eigenvalue weighted by Crippen LogP contribution is -2.49. The third-order valence-electron chi connectivity index (χ3n) is 3.32. The molecule has 1 saturated heterocycles. The Kier molecular flexibility index (Phi) is 6.22. The molecule has 0 aliphatic carbocycles. The number of likely N-dealkylation sites (N-methyl/N-ethyl adjacent to an activating group) is 1. The summed E-state index contributed by atoms with van der Waals surface area (Å²) in [6.45, 7) is 11.9. The second-order valence-electron chi connectivity index (χ2n) is 4.31. The third kappa shape index (κ3) is 4.09. The van der Waals surface area contributed by atoms with Crippen molar-refractivity contribution in [3.63, 3.8) is 0 Å². The summed E-state index contributed by atoms with van der Waals surface area (Å²) in [7, 11) is 0. The highest BCUT2D eigenvalue weighted by atomic mass is 16.5. The summed E-state index contributed by atoms with van der Waals surface area (Å²) in [5.74, 6) is 0. The van der Waals surface area contributed by atoms with Crippen LogP contribution >= 0.6 is 0 Å². The van der Waals surface area contributed by atoms with Gasteiger partial charge < -0.3 is 10.1 Å². The zero-order valence-corrected chi connectivity index (χ0v) is 10.5. The van der Waals surface area contributed by atoms with E-state index < -0.39 is 0 Å². The molecule has 1 rings (SSSR count). The van der Waals surface area contributed by atoms with E-state index in [0.717, 1.165) is 26.3 Å².